The maximum Gasteiger partial charge on any atom is 0.228 e. The van der Waals surface area contributed by atoms with E-state index in [9.17, 15) is 9.59 Å². The zero-order valence-corrected chi connectivity index (χ0v) is 16.5. The van der Waals surface area contributed by atoms with Crippen LogP contribution in [0.4, 0.5) is 5.69 Å². The molecule has 0 saturated carbocycles. The summed E-state index contributed by atoms with van der Waals surface area (Å²) < 4.78 is 0. The predicted molar refractivity (Wildman–Crippen MR) is 104 cm³/mol. The molecule has 1 aromatic rings. The Hall–Kier alpha value is -1.88. The number of nitrogens with zero attached hydrogens (tertiary/aromatic N) is 3. The molecule has 2 heterocycles. The van der Waals surface area contributed by atoms with Gasteiger partial charge in [-0.25, -0.2) is 0 Å². The average molecular weight is 357 g/mol. The summed E-state index contributed by atoms with van der Waals surface area (Å²) in [5.41, 5.74) is 3.22. The minimum absolute atomic E-state index is 0.0646. The Bertz CT molecular complexity index is 680. The molecule has 0 aromatic heterocycles. The zero-order chi connectivity index (χ0) is 18.8. The Kier molecular flexibility index (Phi) is 5.66. The van der Waals surface area contributed by atoms with E-state index in [2.05, 4.69) is 31.9 Å². The number of likely N-dealkylation sites (tertiary alicyclic amines) is 1. The van der Waals surface area contributed by atoms with Crippen molar-refractivity contribution in [1.29, 1.82) is 0 Å². The highest BCUT2D eigenvalue weighted by molar-refractivity contribution is 6.00. The van der Waals surface area contributed by atoms with Crippen LogP contribution in [0, 0.1) is 19.8 Å². The van der Waals surface area contributed by atoms with Crippen LogP contribution in [0.25, 0.3) is 0 Å². The maximum atomic E-state index is 13.2. The third-order valence-corrected chi connectivity index (χ3v) is 5.87. The number of carbonyl (C=O) groups is 2. The van der Waals surface area contributed by atoms with Gasteiger partial charge in [-0.05, 0) is 65.4 Å². The van der Waals surface area contributed by atoms with E-state index < -0.39 is 0 Å². The van der Waals surface area contributed by atoms with Crippen LogP contribution >= 0.6 is 0 Å². The van der Waals surface area contributed by atoms with Crippen LogP contribution in [0.15, 0.2) is 18.2 Å². The van der Waals surface area contributed by atoms with E-state index in [1.165, 1.54) is 5.56 Å². The number of anilines is 1. The van der Waals surface area contributed by atoms with Crippen molar-refractivity contribution in [2.24, 2.45) is 5.92 Å². The van der Waals surface area contributed by atoms with Crippen LogP contribution in [0.1, 0.15) is 37.3 Å². The van der Waals surface area contributed by atoms with Crippen molar-refractivity contribution in [2.45, 2.75) is 46.1 Å². The molecule has 142 valence electrons. The van der Waals surface area contributed by atoms with E-state index in [1.807, 2.05) is 24.0 Å². The Morgan fingerprint density at radius 2 is 1.92 bits per heavy atom. The van der Waals surface area contributed by atoms with E-state index in [0.717, 1.165) is 43.7 Å². The molecular formula is C21H31N3O2. The molecule has 5 heteroatoms. The summed E-state index contributed by atoms with van der Waals surface area (Å²) in [4.78, 5) is 31.9. The highest BCUT2D eigenvalue weighted by Gasteiger charge is 2.39. The third kappa shape index (κ3) is 3.78. The summed E-state index contributed by atoms with van der Waals surface area (Å²) in [6.07, 6.45) is 2.38. The Balaban J connectivity index is 1.71. The van der Waals surface area contributed by atoms with Crippen molar-refractivity contribution < 1.29 is 9.59 Å². The van der Waals surface area contributed by atoms with Crippen molar-refractivity contribution in [3.8, 4) is 0 Å². The summed E-state index contributed by atoms with van der Waals surface area (Å²) in [6, 6.07) is 6.44. The van der Waals surface area contributed by atoms with Crippen LogP contribution in [-0.4, -0.2) is 60.9 Å². The molecule has 0 bridgehead atoms. The first-order valence-electron chi connectivity index (χ1n) is 9.77. The van der Waals surface area contributed by atoms with Crippen LogP contribution in [-0.2, 0) is 9.59 Å². The largest absolute Gasteiger partial charge is 0.340 e. The molecule has 2 saturated heterocycles. The Labute approximate surface area is 156 Å². The molecule has 0 radical (unpaired) electrons. The van der Waals surface area contributed by atoms with E-state index in [-0.39, 0.29) is 17.7 Å². The molecule has 26 heavy (non-hydrogen) atoms. The van der Waals surface area contributed by atoms with Crippen molar-refractivity contribution in [2.75, 3.05) is 38.1 Å². The van der Waals surface area contributed by atoms with Crippen LogP contribution in [0.5, 0.6) is 0 Å². The number of carbonyl (C=O) groups excluding carboxylic acids is 2. The van der Waals surface area contributed by atoms with E-state index in [4.69, 9.17) is 0 Å². The van der Waals surface area contributed by atoms with Gasteiger partial charge in [-0.15, -0.1) is 0 Å². The van der Waals surface area contributed by atoms with Crippen molar-refractivity contribution in [3.63, 3.8) is 0 Å². The Morgan fingerprint density at radius 3 is 2.54 bits per heavy atom. The molecule has 0 N–H and O–H groups in total. The summed E-state index contributed by atoms with van der Waals surface area (Å²) >= 11 is 0. The molecule has 1 aromatic carbocycles. The first-order chi connectivity index (χ1) is 12.4. The van der Waals surface area contributed by atoms with Gasteiger partial charge in [0.1, 0.15) is 0 Å². The average Bonchev–Trinajstić information content (AvgIpc) is 2.99. The van der Waals surface area contributed by atoms with Gasteiger partial charge in [0, 0.05) is 31.2 Å². The van der Waals surface area contributed by atoms with E-state index in [0.29, 0.717) is 19.0 Å². The standard InChI is InChI=1S/C21H31N3O2/c1-5-23(18-8-10-22(4)11-9-18)21(26)17-13-20(25)24(14-17)19-7-6-15(2)12-16(19)3/h6-7,12,17-18H,5,8-11,13-14H2,1-4H3. The van der Waals surface area contributed by atoms with Crippen molar-refractivity contribution in [1.82, 2.24) is 9.80 Å². The summed E-state index contributed by atoms with van der Waals surface area (Å²) in [5.74, 6) is 0.000195. The van der Waals surface area contributed by atoms with Gasteiger partial charge in [0.05, 0.1) is 5.92 Å². The fourth-order valence-electron chi connectivity index (χ4n) is 4.35. The molecule has 1 atom stereocenters. The molecule has 2 amide bonds. The molecule has 1 unspecified atom stereocenters. The first kappa shape index (κ1) is 18.9. The number of piperidine rings is 1. The minimum Gasteiger partial charge on any atom is -0.340 e. The second-order valence-electron chi connectivity index (χ2n) is 7.85. The fraction of sp³-hybridized carbons (Fsp3) is 0.619. The highest BCUT2D eigenvalue weighted by Crippen LogP contribution is 2.30. The second kappa shape index (κ2) is 7.78. The number of rotatable bonds is 4. The van der Waals surface area contributed by atoms with Crippen molar-refractivity contribution >= 4 is 17.5 Å². The molecule has 2 fully saturated rings. The summed E-state index contributed by atoms with van der Waals surface area (Å²) in [7, 11) is 2.13. The molecule has 3 rings (SSSR count). The number of amides is 2. The molecule has 2 aliphatic rings. The lowest BCUT2D eigenvalue weighted by Crippen LogP contribution is -2.48. The lowest BCUT2D eigenvalue weighted by atomic mass is 10.00. The minimum atomic E-state index is -0.220. The molecule has 2 aliphatic heterocycles. The summed E-state index contributed by atoms with van der Waals surface area (Å²) in [6.45, 7) is 9.43. The van der Waals surface area contributed by atoms with E-state index >= 15 is 0 Å². The first-order valence-corrected chi connectivity index (χ1v) is 9.77. The van der Waals surface area contributed by atoms with Crippen LogP contribution in [0.2, 0.25) is 0 Å². The smallest absolute Gasteiger partial charge is 0.228 e. The summed E-state index contributed by atoms with van der Waals surface area (Å²) in [5, 5.41) is 0. The van der Waals surface area contributed by atoms with Gasteiger partial charge < -0.3 is 14.7 Å². The molecule has 5 nitrogen and oxygen atoms in total. The lowest BCUT2D eigenvalue weighted by Gasteiger charge is -2.38. The lowest BCUT2D eigenvalue weighted by molar-refractivity contribution is -0.138. The van der Waals surface area contributed by atoms with Crippen molar-refractivity contribution in [3.05, 3.63) is 29.3 Å². The van der Waals surface area contributed by atoms with Gasteiger partial charge in [-0.2, -0.15) is 0 Å². The molecule has 0 aliphatic carbocycles. The molecular weight excluding hydrogens is 326 g/mol. The van der Waals surface area contributed by atoms with Gasteiger partial charge in [0.25, 0.3) is 0 Å². The van der Waals surface area contributed by atoms with Gasteiger partial charge in [-0.3, -0.25) is 9.59 Å². The topological polar surface area (TPSA) is 43.9 Å². The van der Waals surface area contributed by atoms with Gasteiger partial charge in [0.15, 0.2) is 0 Å². The monoisotopic (exact) mass is 357 g/mol. The number of benzene rings is 1. The van der Waals surface area contributed by atoms with Gasteiger partial charge in [-0.1, -0.05) is 17.7 Å². The Morgan fingerprint density at radius 1 is 1.23 bits per heavy atom. The van der Waals surface area contributed by atoms with E-state index in [1.54, 1.807) is 4.90 Å². The van der Waals surface area contributed by atoms with Crippen LogP contribution < -0.4 is 4.90 Å². The number of hydrogen-bond acceptors (Lipinski definition) is 3. The highest BCUT2D eigenvalue weighted by atomic mass is 16.2. The fourth-order valence-corrected chi connectivity index (χ4v) is 4.35. The number of aryl methyl sites for hydroxylation is 2. The third-order valence-electron chi connectivity index (χ3n) is 5.87. The second-order valence-corrected chi connectivity index (χ2v) is 7.85. The zero-order valence-electron chi connectivity index (χ0n) is 16.5. The normalized spacial score (nSPS) is 22.1. The molecule has 0 spiro atoms. The van der Waals surface area contributed by atoms with Gasteiger partial charge >= 0.3 is 0 Å². The number of hydrogen-bond donors (Lipinski definition) is 0. The SMILES string of the molecule is CCN(C(=O)C1CC(=O)N(c2ccc(C)cc2C)C1)C1CCN(C)CC1. The quantitative estimate of drug-likeness (QED) is 0.832. The maximum absolute atomic E-state index is 13.2. The predicted octanol–water partition coefficient (Wildman–Crippen LogP) is 2.60. The van der Waals surface area contributed by atoms with Gasteiger partial charge in [0.2, 0.25) is 11.8 Å². The van der Waals surface area contributed by atoms with Crippen LogP contribution in [0.3, 0.4) is 0 Å².